The first-order valence-corrected chi connectivity index (χ1v) is 6.18. The van der Waals surface area contributed by atoms with Crippen LogP contribution < -0.4 is 5.73 Å². The van der Waals surface area contributed by atoms with E-state index in [1.165, 1.54) is 15.6 Å². The van der Waals surface area contributed by atoms with Gasteiger partial charge in [0.15, 0.2) is 5.84 Å². The highest BCUT2D eigenvalue weighted by molar-refractivity contribution is 7.17. The molecule has 0 atom stereocenters. The summed E-state index contributed by atoms with van der Waals surface area (Å²) in [5.74, 6) is 0.229. The lowest BCUT2D eigenvalue weighted by molar-refractivity contribution is 0.308. The van der Waals surface area contributed by atoms with Crippen molar-refractivity contribution in [2.75, 3.05) is 13.6 Å². The third-order valence-electron chi connectivity index (χ3n) is 2.56. The summed E-state index contributed by atoms with van der Waals surface area (Å²) >= 11 is 1.74. The Kier molecular flexibility index (Phi) is 3.61. The van der Waals surface area contributed by atoms with Crippen LogP contribution in [0.2, 0.25) is 0 Å². The fraction of sp³-hybridized carbons (Fsp3) is 0.250. The molecule has 0 fully saturated rings. The third-order valence-corrected chi connectivity index (χ3v) is 3.57. The van der Waals surface area contributed by atoms with Crippen LogP contribution in [0.25, 0.3) is 10.1 Å². The average Bonchev–Trinajstić information content (AvgIpc) is 2.72. The number of fused-ring (bicyclic) bond motifs is 1. The molecular weight excluding hydrogens is 234 g/mol. The summed E-state index contributed by atoms with van der Waals surface area (Å²) in [7, 11) is 1.95. The summed E-state index contributed by atoms with van der Waals surface area (Å²) in [5.41, 5.74) is 6.75. The Morgan fingerprint density at radius 3 is 3.00 bits per heavy atom. The van der Waals surface area contributed by atoms with E-state index in [1.807, 2.05) is 24.1 Å². The number of thiophene rings is 1. The van der Waals surface area contributed by atoms with Crippen molar-refractivity contribution in [1.29, 1.82) is 0 Å². The molecule has 0 aliphatic heterocycles. The molecule has 5 heteroatoms. The van der Waals surface area contributed by atoms with Crippen LogP contribution in [0.4, 0.5) is 0 Å². The number of likely N-dealkylation sites (N-methyl/N-ethyl adjacent to an activating group) is 1. The van der Waals surface area contributed by atoms with Crippen molar-refractivity contribution in [2.24, 2.45) is 10.9 Å². The van der Waals surface area contributed by atoms with E-state index in [1.54, 1.807) is 11.3 Å². The normalized spacial score (nSPS) is 12.5. The van der Waals surface area contributed by atoms with E-state index < -0.39 is 0 Å². The Morgan fingerprint density at radius 1 is 1.47 bits per heavy atom. The molecule has 1 heterocycles. The van der Waals surface area contributed by atoms with Crippen LogP contribution in [0.3, 0.4) is 0 Å². The number of hydrogen-bond donors (Lipinski definition) is 2. The van der Waals surface area contributed by atoms with Crippen LogP contribution >= 0.6 is 11.3 Å². The van der Waals surface area contributed by atoms with Gasteiger partial charge in [0.05, 0.1) is 6.54 Å². The zero-order valence-electron chi connectivity index (χ0n) is 9.63. The third kappa shape index (κ3) is 2.75. The molecule has 0 radical (unpaired) electrons. The van der Waals surface area contributed by atoms with Gasteiger partial charge in [-0.15, -0.1) is 11.3 Å². The van der Waals surface area contributed by atoms with Crippen molar-refractivity contribution in [2.45, 2.75) is 6.54 Å². The van der Waals surface area contributed by atoms with Gasteiger partial charge in [-0.25, -0.2) is 0 Å². The number of oxime groups is 1. The molecule has 1 aromatic carbocycles. The average molecular weight is 249 g/mol. The van der Waals surface area contributed by atoms with Crippen LogP contribution in [0.15, 0.2) is 34.8 Å². The summed E-state index contributed by atoms with van der Waals surface area (Å²) in [6.07, 6.45) is 0. The molecule has 17 heavy (non-hydrogen) atoms. The standard InChI is InChI=1S/C12H15N3OS/c1-15(7-12(13)14-16)6-9-8-17-11-5-3-2-4-10(9)11/h2-5,8,16H,6-7H2,1H3,(H2,13,14). The highest BCUT2D eigenvalue weighted by Gasteiger charge is 2.07. The van der Waals surface area contributed by atoms with Gasteiger partial charge in [0.2, 0.25) is 0 Å². The Morgan fingerprint density at radius 2 is 2.24 bits per heavy atom. The lowest BCUT2D eigenvalue weighted by atomic mass is 10.2. The molecule has 4 nitrogen and oxygen atoms in total. The predicted molar refractivity (Wildman–Crippen MR) is 71.6 cm³/mol. The highest BCUT2D eigenvalue weighted by Crippen LogP contribution is 2.26. The van der Waals surface area contributed by atoms with Crippen LogP contribution in [-0.4, -0.2) is 29.5 Å². The lowest BCUT2D eigenvalue weighted by Gasteiger charge is -2.14. The summed E-state index contributed by atoms with van der Waals surface area (Å²) in [6, 6.07) is 8.33. The number of hydrogen-bond acceptors (Lipinski definition) is 4. The molecule has 0 aliphatic carbocycles. The van der Waals surface area contributed by atoms with E-state index in [4.69, 9.17) is 10.9 Å². The van der Waals surface area contributed by atoms with E-state index in [0.717, 1.165) is 6.54 Å². The van der Waals surface area contributed by atoms with E-state index in [-0.39, 0.29) is 5.84 Å². The molecule has 0 aliphatic rings. The van der Waals surface area contributed by atoms with Gasteiger partial charge in [0.25, 0.3) is 0 Å². The number of rotatable bonds is 4. The second-order valence-electron chi connectivity index (χ2n) is 4.02. The van der Waals surface area contributed by atoms with E-state index in [9.17, 15) is 0 Å². The van der Waals surface area contributed by atoms with Gasteiger partial charge >= 0.3 is 0 Å². The topological polar surface area (TPSA) is 61.8 Å². The van der Waals surface area contributed by atoms with Gasteiger partial charge < -0.3 is 10.9 Å². The van der Waals surface area contributed by atoms with Gasteiger partial charge in [0, 0.05) is 11.2 Å². The van der Waals surface area contributed by atoms with Gasteiger partial charge in [-0.2, -0.15) is 0 Å². The zero-order valence-corrected chi connectivity index (χ0v) is 10.4. The van der Waals surface area contributed by atoms with E-state index in [0.29, 0.717) is 6.54 Å². The molecule has 1 aromatic heterocycles. The smallest absolute Gasteiger partial charge is 0.153 e. The van der Waals surface area contributed by atoms with Crippen LogP contribution in [0.5, 0.6) is 0 Å². The number of amidine groups is 1. The molecule has 0 unspecified atom stereocenters. The molecule has 2 aromatic rings. The highest BCUT2D eigenvalue weighted by atomic mass is 32.1. The SMILES string of the molecule is CN(CC(N)=NO)Cc1csc2ccccc12. The Labute approximate surface area is 104 Å². The summed E-state index contributed by atoms with van der Waals surface area (Å²) in [4.78, 5) is 2.02. The Bertz CT molecular complexity index is 535. The zero-order chi connectivity index (χ0) is 12.3. The maximum absolute atomic E-state index is 8.52. The number of nitrogens with two attached hydrogens (primary N) is 1. The van der Waals surface area contributed by atoms with Crippen LogP contribution in [0.1, 0.15) is 5.56 Å². The Balaban J connectivity index is 2.13. The second-order valence-corrected chi connectivity index (χ2v) is 4.93. The first-order valence-electron chi connectivity index (χ1n) is 5.30. The summed E-state index contributed by atoms with van der Waals surface area (Å²) in [5, 5.41) is 14.9. The van der Waals surface area contributed by atoms with Crippen molar-refractivity contribution in [3.8, 4) is 0 Å². The fourth-order valence-corrected chi connectivity index (χ4v) is 2.76. The molecule has 0 amide bonds. The minimum atomic E-state index is 0.229. The molecule has 90 valence electrons. The molecule has 3 N–H and O–H groups in total. The second kappa shape index (κ2) is 5.16. The lowest BCUT2D eigenvalue weighted by Crippen LogP contribution is -2.30. The summed E-state index contributed by atoms with van der Waals surface area (Å²) < 4.78 is 1.29. The quantitative estimate of drug-likeness (QED) is 0.377. The molecule has 0 bridgehead atoms. The maximum Gasteiger partial charge on any atom is 0.153 e. The minimum absolute atomic E-state index is 0.229. The monoisotopic (exact) mass is 249 g/mol. The first-order chi connectivity index (χ1) is 8.20. The number of nitrogens with zero attached hydrogens (tertiary/aromatic N) is 2. The van der Waals surface area contributed by atoms with Gasteiger partial charge in [-0.3, -0.25) is 4.90 Å². The van der Waals surface area contributed by atoms with Crippen molar-refractivity contribution in [3.05, 3.63) is 35.2 Å². The minimum Gasteiger partial charge on any atom is -0.409 e. The van der Waals surface area contributed by atoms with Gasteiger partial charge in [0.1, 0.15) is 0 Å². The summed E-state index contributed by atoms with van der Waals surface area (Å²) in [6.45, 7) is 1.25. The first kappa shape index (κ1) is 11.9. The van der Waals surface area contributed by atoms with Crippen molar-refractivity contribution in [3.63, 3.8) is 0 Å². The van der Waals surface area contributed by atoms with Crippen molar-refractivity contribution >= 4 is 27.3 Å². The molecular formula is C12H15N3OS. The van der Waals surface area contributed by atoms with Crippen LogP contribution in [0, 0.1) is 0 Å². The maximum atomic E-state index is 8.52. The van der Waals surface area contributed by atoms with Gasteiger partial charge in [-0.1, -0.05) is 23.4 Å². The number of benzene rings is 1. The molecule has 0 spiro atoms. The van der Waals surface area contributed by atoms with Crippen LogP contribution in [-0.2, 0) is 6.54 Å². The predicted octanol–water partition coefficient (Wildman–Crippen LogP) is 2.08. The fourth-order valence-electron chi connectivity index (χ4n) is 1.81. The molecule has 0 saturated carbocycles. The van der Waals surface area contributed by atoms with Crippen molar-refractivity contribution in [1.82, 2.24) is 4.90 Å². The van der Waals surface area contributed by atoms with E-state index >= 15 is 0 Å². The molecule has 0 saturated heterocycles. The van der Waals surface area contributed by atoms with Gasteiger partial charge in [-0.05, 0) is 29.4 Å². The van der Waals surface area contributed by atoms with Crippen molar-refractivity contribution < 1.29 is 5.21 Å². The Hall–Kier alpha value is -1.59. The largest absolute Gasteiger partial charge is 0.409 e. The molecule has 2 rings (SSSR count). The van der Waals surface area contributed by atoms with E-state index in [2.05, 4.69) is 22.7 Å².